The monoisotopic (exact) mass is 349 g/mol. The Morgan fingerprint density at radius 3 is 2.83 bits per heavy atom. The zero-order valence-electron chi connectivity index (χ0n) is 14.4. The van der Waals surface area contributed by atoms with Crippen LogP contribution in [0.2, 0.25) is 0 Å². The number of aryl methyl sites for hydroxylation is 1. The number of rotatable bonds is 4. The van der Waals surface area contributed by atoms with Crippen LogP contribution in [0.25, 0.3) is 0 Å². The Morgan fingerprint density at radius 2 is 2.17 bits per heavy atom. The van der Waals surface area contributed by atoms with Crippen LogP contribution in [0.5, 0.6) is 0 Å². The summed E-state index contributed by atoms with van der Waals surface area (Å²) in [7, 11) is 0. The van der Waals surface area contributed by atoms with Gasteiger partial charge in [0.1, 0.15) is 0 Å². The maximum atomic E-state index is 12.5. The Labute approximate surface area is 147 Å². The number of carbonyl (C=O) groups excluding carboxylic acids is 1. The van der Waals surface area contributed by atoms with Crippen molar-refractivity contribution in [2.75, 3.05) is 13.2 Å². The van der Waals surface area contributed by atoms with E-state index in [2.05, 4.69) is 20.6 Å². The highest BCUT2D eigenvalue weighted by Gasteiger charge is 2.47. The van der Waals surface area contributed by atoms with E-state index < -0.39 is 0 Å². The van der Waals surface area contributed by atoms with Gasteiger partial charge >= 0.3 is 0 Å². The minimum absolute atomic E-state index is 0.0823. The molecular weight excluding hydrogens is 322 g/mol. The van der Waals surface area contributed by atoms with Crippen LogP contribution in [0.15, 0.2) is 5.38 Å². The van der Waals surface area contributed by atoms with Gasteiger partial charge in [0, 0.05) is 36.0 Å². The highest BCUT2D eigenvalue weighted by Crippen LogP contribution is 2.43. The number of carbonyl (C=O) groups is 1. The Bertz CT molecular complexity index is 589. The van der Waals surface area contributed by atoms with Gasteiger partial charge in [0.05, 0.1) is 23.9 Å². The fourth-order valence-corrected chi connectivity index (χ4v) is 5.22. The van der Waals surface area contributed by atoms with Crippen LogP contribution in [0.1, 0.15) is 55.6 Å². The van der Waals surface area contributed by atoms with Crippen molar-refractivity contribution >= 4 is 17.2 Å². The maximum Gasteiger partial charge on any atom is 0.223 e. The second-order valence-corrected chi connectivity index (χ2v) is 8.63. The largest absolute Gasteiger partial charge is 0.380 e. The molecular formula is C18H27N3O2S. The third-order valence-electron chi connectivity index (χ3n) is 5.98. The number of hydrogen-bond acceptors (Lipinski definition) is 5. The molecule has 1 unspecified atom stereocenters. The van der Waals surface area contributed by atoms with Crippen LogP contribution < -0.4 is 5.32 Å². The van der Waals surface area contributed by atoms with Crippen molar-refractivity contribution < 1.29 is 9.53 Å². The first kappa shape index (κ1) is 16.5. The van der Waals surface area contributed by atoms with Crippen LogP contribution in [0, 0.1) is 6.92 Å². The fraction of sp³-hybridized carbons (Fsp3) is 0.778. The molecule has 1 spiro atoms. The van der Waals surface area contributed by atoms with E-state index >= 15 is 0 Å². The van der Waals surface area contributed by atoms with Crippen molar-refractivity contribution in [1.82, 2.24) is 15.2 Å². The van der Waals surface area contributed by atoms with E-state index in [1.54, 1.807) is 11.3 Å². The molecule has 2 aliphatic heterocycles. The molecule has 3 heterocycles. The quantitative estimate of drug-likeness (QED) is 0.908. The number of hydrogen-bond donors (Lipinski definition) is 1. The second-order valence-electron chi connectivity index (χ2n) is 7.56. The van der Waals surface area contributed by atoms with Gasteiger partial charge in [0.25, 0.3) is 0 Å². The van der Waals surface area contributed by atoms with E-state index in [9.17, 15) is 4.79 Å². The first-order valence-corrected chi connectivity index (χ1v) is 10.1. The molecule has 1 aromatic rings. The molecule has 1 aromatic heterocycles. The lowest BCUT2D eigenvalue weighted by atomic mass is 9.77. The predicted molar refractivity (Wildman–Crippen MR) is 94.0 cm³/mol. The highest BCUT2D eigenvalue weighted by molar-refractivity contribution is 7.09. The minimum Gasteiger partial charge on any atom is -0.380 e. The molecule has 132 valence electrons. The third kappa shape index (κ3) is 3.24. The highest BCUT2D eigenvalue weighted by atomic mass is 32.1. The minimum atomic E-state index is 0.0823. The third-order valence-corrected chi connectivity index (χ3v) is 6.80. The van der Waals surface area contributed by atoms with Crippen LogP contribution in [0.4, 0.5) is 0 Å². The molecule has 5 nitrogen and oxygen atoms in total. The van der Waals surface area contributed by atoms with Gasteiger partial charge in [-0.05, 0) is 45.4 Å². The number of thiazole rings is 1. The van der Waals surface area contributed by atoms with Gasteiger partial charge in [-0.1, -0.05) is 0 Å². The van der Waals surface area contributed by atoms with Gasteiger partial charge in [-0.3, -0.25) is 4.79 Å². The first-order chi connectivity index (χ1) is 11.6. The molecule has 3 fully saturated rings. The SMILES string of the molecule is Cc1nc(CN2C(=O)CCC23CCC(NC2CCOC2)CC3)cs1. The van der Waals surface area contributed by atoms with Crippen LogP contribution in [0.3, 0.4) is 0 Å². The molecule has 1 saturated carbocycles. The number of nitrogens with one attached hydrogen (secondary N) is 1. The van der Waals surface area contributed by atoms with Crippen molar-refractivity contribution in [2.45, 2.75) is 76.0 Å². The Morgan fingerprint density at radius 1 is 1.33 bits per heavy atom. The first-order valence-electron chi connectivity index (χ1n) is 9.20. The summed E-state index contributed by atoms with van der Waals surface area (Å²) in [5, 5.41) is 6.94. The van der Waals surface area contributed by atoms with Gasteiger partial charge in [-0.25, -0.2) is 4.98 Å². The number of aromatic nitrogens is 1. The van der Waals surface area contributed by atoms with Gasteiger partial charge in [0.15, 0.2) is 0 Å². The summed E-state index contributed by atoms with van der Waals surface area (Å²) < 4.78 is 5.47. The average Bonchev–Trinajstić information content (AvgIpc) is 3.29. The zero-order chi connectivity index (χ0) is 16.6. The molecule has 0 bridgehead atoms. The molecule has 1 aliphatic carbocycles. The number of amides is 1. The standard InChI is InChI=1S/C18H27N3O2S/c1-13-19-16(12-24-13)10-21-17(22)4-8-18(21)6-2-14(3-7-18)20-15-5-9-23-11-15/h12,14-15,20H,2-11H2,1H3. The van der Waals surface area contributed by atoms with Crippen molar-refractivity contribution in [3.8, 4) is 0 Å². The number of nitrogens with zero attached hydrogens (tertiary/aromatic N) is 2. The lowest BCUT2D eigenvalue weighted by Gasteiger charge is -2.44. The van der Waals surface area contributed by atoms with Crippen LogP contribution in [-0.4, -0.2) is 46.6 Å². The van der Waals surface area contributed by atoms with Crippen LogP contribution >= 0.6 is 11.3 Å². The van der Waals surface area contributed by atoms with E-state index in [0.717, 1.165) is 62.4 Å². The fourth-order valence-electron chi connectivity index (χ4n) is 4.61. The summed E-state index contributed by atoms with van der Waals surface area (Å²) in [4.78, 5) is 19.2. The average molecular weight is 350 g/mol. The molecule has 1 N–H and O–H groups in total. The van der Waals surface area contributed by atoms with Gasteiger partial charge < -0.3 is 15.0 Å². The molecule has 6 heteroatoms. The lowest BCUT2D eigenvalue weighted by Crippen LogP contribution is -2.51. The van der Waals surface area contributed by atoms with E-state index in [4.69, 9.17) is 4.74 Å². The molecule has 24 heavy (non-hydrogen) atoms. The molecule has 3 aliphatic rings. The smallest absolute Gasteiger partial charge is 0.223 e. The Kier molecular flexibility index (Phi) is 4.62. The van der Waals surface area contributed by atoms with Crippen molar-refractivity contribution in [1.29, 1.82) is 0 Å². The Hall–Kier alpha value is -0.980. The van der Waals surface area contributed by atoms with Crippen LogP contribution in [-0.2, 0) is 16.1 Å². The summed E-state index contributed by atoms with van der Waals surface area (Å²) in [6, 6.07) is 1.12. The predicted octanol–water partition coefficient (Wildman–Crippen LogP) is 2.63. The maximum absolute atomic E-state index is 12.5. The van der Waals surface area contributed by atoms with Gasteiger partial charge in [-0.15, -0.1) is 11.3 Å². The van der Waals surface area contributed by atoms with Crippen molar-refractivity contribution in [3.63, 3.8) is 0 Å². The summed E-state index contributed by atoms with van der Waals surface area (Å²) in [5.74, 6) is 0.316. The lowest BCUT2D eigenvalue weighted by molar-refractivity contribution is -0.133. The van der Waals surface area contributed by atoms with E-state index in [1.807, 2.05) is 6.92 Å². The zero-order valence-corrected chi connectivity index (χ0v) is 15.2. The molecule has 4 rings (SSSR count). The summed E-state index contributed by atoms with van der Waals surface area (Å²) in [6.45, 7) is 4.47. The van der Waals surface area contributed by atoms with E-state index in [-0.39, 0.29) is 5.54 Å². The second kappa shape index (κ2) is 6.73. The topological polar surface area (TPSA) is 54.5 Å². The molecule has 0 aromatic carbocycles. The summed E-state index contributed by atoms with van der Waals surface area (Å²) in [5.41, 5.74) is 1.13. The summed E-state index contributed by atoms with van der Waals surface area (Å²) >= 11 is 1.67. The van der Waals surface area contributed by atoms with E-state index in [1.165, 1.54) is 0 Å². The normalized spacial score (nSPS) is 33.7. The molecule has 1 amide bonds. The summed E-state index contributed by atoms with van der Waals surface area (Å²) in [6.07, 6.45) is 7.42. The number of likely N-dealkylation sites (tertiary alicyclic amines) is 1. The molecule has 2 saturated heterocycles. The Balaban J connectivity index is 1.39. The molecule has 1 atom stereocenters. The molecule has 0 radical (unpaired) electrons. The van der Waals surface area contributed by atoms with Gasteiger partial charge in [0.2, 0.25) is 5.91 Å². The van der Waals surface area contributed by atoms with E-state index in [0.29, 0.717) is 31.0 Å². The van der Waals surface area contributed by atoms with Gasteiger partial charge in [-0.2, -0.15) is 0 Å². The van der Waals surface area contributed by atoms with Crippen molar-refractivity contribution in [2.24, 2.45) is 0 Å². The number of ether oxygens (including phenoxy) is 1. The van der Waals surface area contributed by atoms with Crippen molar-refractivity contribution in [3.05, 3.63) is 16.1 Å².